The molecule has 4 heteroatoms. The maximum Gasteiger partial charge on any atom is 0.253 e. The maximum absolute atomic E-state index is 11.6. The first-order chi connectivity index (χ1) is 6.58. The summed E-state index contributed by atoms with van der Waals surface area (Å²) in [5.41, 5.74) is 6.34. The van der Waals surface area contributed by atoms with Gasteiger partial charge in [0.2, 0.25) is 0 Å². The first-order valence-electron chi connectivity index (χ1n) is 4.12. The van der Waals surface area contributed by atoms with Gasteiger partial charge in [0.05, 0.1) is 0 Å². The number of benzene rings is 1. The molecule has 3 N–H and O–H groups in total. The Labute approximate surface area is 90.1 Å². The van der Waals surface area contributed by atoms with Crippen molar-refractivity contribution in [3.05, 3.63) is 40.9 Å². The summed E-state index contributed by atoms with van der Waals surface area (Å²) in [6.45, 7) is 3.59. The predicted molar refractivity (Wildman–Crippen MR) is 58.8 cm³/mol. The summed E-state index contributed by atoms with van der Waals surface area (Å²) >= 11 is 3.34. The van der Waals surface area contributed by atoms with Crippen LogP contribution in [0.5, 0.6) is 0 Å². The minimum absolute atomic E-state index is 0.236. The monoisotopic (exact) mass is 252 g/mol. The normalized spacial score (nSPS) is 24.3. The summed E-state index contributed by atoms with van der Waals surface area (Å²) in [6.07, 6.45) is 1.46. The first kappa shape index (κ1) is 9.43. The van der Waals surface area contributed by atoms with Crippen LogP contribution in [0.25, 0.3) is 0 Å². The third kappa shape index (κ3) is 1.11. The van der Waals surface area contributed by atoms with Crippen molar-refractivity contribution in [3.8, 4) is 0 Å². The van der Waals surface area contributed by atoms with E-state index in [0.29, 0.717) is 0 Å². The second kappa shape index (κ2) is 2.93. The third-order valence-corrected chi connectivity index (χ3v) is 2.87. The molecule has 0 unspecified atom stereocenters. The molecule has 14 heavy (non-hydrogen) atoms. The molecule has 0 aromatic heterocycles. The Morgan fingerprint density at radius 3 is 2.93 bits per heavy atom. The Morgan fingerprint density at radius 2 is 2.29 bits per heavy atom. The van der Waals surface area contributed by atoms with Crippen LogP contribution in [0.2, 0.25) is 0 Å². The molecule has 1 heterocycles. The van der Waals surface area contributed by atoms with Gasteiger partial charge < -0.3 is 11.1 Å². The largest absolute Gasteiger partial charge is 0.324 e. The van der Waals surface area contributed by atoms with Gasteiger partial charge in [0, 0.05) is 15.7 Å². The van der Waals surface area contributed by atoms with Crippen LogP contribution in [-0.2, 0) is 10.3 Å². The molecule has 0 bridgehead atoms. The summed E-state index contributed by atoms with van der Waals surface area (Å²) in [4.78, 5) is 11.6. The van der Waals surface area contributed by atoms with Crippen LogP contribution in [0.1, 0.15) is 5.56 Å². The number of fused-ring (bicyclic) bond motifs is 1. The molecule has 0 fully saturated rings. The number of hydrogen-bond acceptors (Lipinski definition) is 2. The topological polar surface area (TPSA) is 55.1 Å². The van der Waals surface area contributed by atoms with Gasteiger partial charge in [-0.1, -0.05) is 22.0 Å². The number of nitrogens with one attached hydrogen (secondary N) is 1. The van der Waals surface area contributed by atoms with Crippen LogP contribution in [0.3, 0.4) is 0 Å². The molecule has 1 amide bonds. The van der Waals surface area contributed by atoms with Gasteiger partial charge in [0.15, 0.2) is 0 Å². The van der Waals surface area contributed by atoms with Gasteiger partial charge in [-0.15, -0.1) is 6.58 Å². The number of nitrogens with two attached hydrogens (primary N) is 1. The number of carbonyl (C=O) groups is 1. The van der Waals surface area contributed by atoms with Crippen LogP contribution in [0.15, 0.2) is 35.3 Å². The molecule has 2 rings (SSSR count). The van der Waals surface area contributed by atoms with E-state index in [4.69, 9.17) is 5.73 Å². The highest BCUT2D eigenvalue weighted by Gasteiger charge is 2.40. The lowest BCUT2D eigenvalue weighted by Gasteiger charge is -2.16. The lowest BCUT2D eigenvalue weighted by Crippen LogP contribution is -2.41. The SMILES string of the molecule is C=C[C@@]1(N)C(=O)Nc2ccc(Br)cc21. The van der Waals surface area contributed by atoms with E-state index in [2.05, 4.69) is 27.8 Å². The maximum atomic E-state index is 11.6. The number of anilines is 1. The number of hydrogen-bond donors (Lipinski definition) is 2. The molecule has 1 aromatic carbocycles. The van der Waals surface area contributed by atoms with Crippen molar-refractivity contribution in [1.29, 1.82) is 0 Å². The summed E-state index contributed by atoms with van der Waals surface area (Å²) in [6, 6.07) is 5.50. The second-order valence-corrected chi connectivity index (χ2v) is 4.13. The lowest BCUT2D eigenvalue weighted by atomic mass is 9.93. The summed E-state index contributed by atoms with van der Waals surface area (Å²) in [5, 5.41) is 2.71. The van der Waals surface area contributed by atoms with Crippen LogP contribution < -0.4 is 11.1 Å². The van der Waals surface area contributed by atoms with Crippen molar-refractivity contribution in [2.24, 2.45) is 5.73 Å². The van der Waals surface area contributed by atoms with E-state index in [9.17, 15) is 4.79 Å². The first-order valence-corrected chi connectivity index (χ1v) is 4.91. The average Bonchev–Trinajstić information content (AvgIpc) is 2.41. The number of carbonyl (C=O) groups excluding carboxylic acids is 1. The standard InChI is InChI=1S/C10H9BrN2O/c1-2-10(12)7-5-6(11)3-4-8(7)13-9(10)14/h2-5H,1,12H2,(H,13,14)/t10-/m0/s1. The molecule has 0 radical (unpaired) electrons. The Hall–Kier alpha value is -1.13. The van der Waals surface area contributed by atoms with Crippen molar-refractivity contribution in [1.82, 2.24) is 0 Å². The van der Waals surface area contributed by atoms with Gasteiger partial charge in [-0.25, -0.2) is 0 Å². The molecular weight excluding hydrogens is 244 g/mol. The van der Waals surface area contributed by atoms with Gasteiger partial charge in [-0.2, -0.15) is 0 Å². The predicted octanol–water partition coefficient (Wildman–Crippen LogP) is 1.74. The van der Waals surface area contributed by atoms with Crippen molar-refractivity contribution in [2.45, 2.75) is 5.54 Å². The Kier molecular flexibility index (Phi) is 1.97. The number of amides is 1. The summed E-state index contributed by atoms with van der Waals surface area (Å²) < 4.78 is 0.893. The molecular formula is C10H9BrN2O. The fourth-order valence-corrected chi connectivity index (χ4v) is 1.88. The highest BCUT2D eigenvalue weighted by atomic mass is 79.9. The van der Waals surface area contributed by atoms with E-state index in [-0.39, 0.29) is 5.91 Å². The van der Waals surface area contributed by atoms with Gasteiger partial charge in [-0.3, -0.25) is 4.79 Å². The van der Waals surface area contributed by atoms with E-state index in [1.165, 1.54) is 6.08 Å². The molecule has 72 valence electrons. The average molecular weight is 253 g/mol. The molecule has 0 saturated heterocycles. The van der Waals surface area contributed by atoms with E-state index < -0.39 is 5.54 Å². The number of rotatable bonds is 1. The Bertz CT molecular complexity index is 430. The van der Waals surface area contributed by atoms with Gasteiger partial charge >= 0.3 is 0 Å². The van der Waals surface area contributed by atoms with Gasteiger partial charge in [-0.05, 0) is 18.2 Å². The van der Waals surface area contributed by atoms with Crippen molar-refractivity contribution in [3.63, 3.8) is 0 Å². The molecule has 0 aliphatic carbocycles. The van der Waals surface area contributed by atoms with Crippen LogP contribution in [-0.4, -0.2) is 5.91 Å². The third-order valence-electron chi connectivity index (χ3n) is 2.37. The molecule has 1 aromatic rings. The summed E-state index contributed by atoms with van der Waals surface area (Å²) in [7, 11) is 0. The van der Waals surface area contributed by atoms with Crippen LogP contribution in [0.4, 0.5) is 5.69 Å². The van der Waals surface area contributed by atoms with Crippen LogP contribution in [0, 0.1) is 0 Å². The molecule has 3 nitrogen and oxygen atoms in total. The fraction of sp³-hybridized carbons (Fsp3) is 0.100. The second-order valence-electron chi connectivity index (χ2n) is 3.22. The minimum atomic E-state index is -1.10. The van der Waals surface area contributed by atoms with Crippen molar-refractivity contribution >= 4 is 27.5 Å². The smallest absolute Gasteiger partial charge is 0.253 e. The molecule has 0 spiro atoms. The van der Waals surface area contributed by atoms with Crippen molar-refractivity contribution < 1.29 is 4.79 Å². The zero-order chi connectivity index (χ0) is 10.3. The van der Waals surface area contributed by atoms with Crippen LogP contribution >= 0.6 is 15.9 Å². The minimum Gasteiger partial charge on any atom is -0.324 e. The zero-order valence-electron chi connectivity index (χ0n) is 7.38. The Balaban J connectivity index is 2.67. The quantitative estimate of drug-likeness (QED) is 0.749. The zero-order valence-corrected chi connectivity index (χ0v) is 8.97. The fourth-order valence-electron chi connectivity index (χ4n) is 1.52. The molecule has 1 aliphatic rings. The highest BCUT2D eigenvalue weighted by Crippen LogP contribution is 2.36. The van der Waals surface area contributed by atoms with Crippen molar-refractivity contribution in [2.75, 3.05) is 5.32 Å². The van der Waals surface area contributed by atoms with E-state index >= 15 is 0 Å². The van der Waals surface area contributed by atoms with Gasteiger partial charge in [0.1, 0.15) is 5.54 Å². The lowest BCUT2D eigenvalue weighted by molar-refractivity contribution is -0.119. The van der Waals surface area contributed by atoms with Gasteiger partial charge in [0.25, 0.3) is 5.91 Å². The molecule has 1 aliphatic heterocycles. The highest BCUT2D eigenvalue weighted by molar-refractivity contribution is 9.10. The Morgan fingerprint density at radius 1 is 1.57 bits per heavy atom. The summed E-state index contributed by atoms with van der Waals surface area (Å²) in [5.74, 6) is -0.236. The molecule has 0 saturated carbocycles. The van der Waals surface area contributed by atoms with E-state index in [1.54, 1.807) is 0 Å². The van der Waals surface area contributed by atoms with E-state index in [0.717, 1.165) is 15.7 Å². The number of halogens is 1. The van der Waals surface area contributed by atoms with E-state index in [1.807, 2.05) is 18.2 Å². The molecule has 1 atom stereocenters.